The number of carbonyl (C=O) groups is 1. The molecule has 0 aliphatic carbocycles. The summed E-state index contributed by atoms with van der Waals surface area (Å²) in [6, 6.07) is 0. The molecule has 5 nitrogen and oxygen atoms in total. The first-order valence-corrected chi connectivity index (χ1v) is 5.28. The molecule has 0 spiro atoms. The van der Waals surface area contributed by atoms with Crippen molar-refractivity contribution in [3.05, 3.63) is 24.7 Å². The normalized spacial score (nSPS) is 9.12. The predicted octanol–water partition coefficient (Wildman–Crippen LogP) is 0.323. The lowest BCUT2D eigenvalue weighted by atomic mass is 10.5. The highest BCUT2D eigenvalue weighted by Crippen LogP contribution is 1.80. The van der Waals surface area contributed by atoms with Crippen LogP contribution >= 0.6 is 0 Å². The predicted molar refractivity (Wildman–Crippen MR) is 64.6 cm³/mol. The van der Waals surface area contributed by atoms with Crippen LogP contribution in [0.2, 0.25) is 0 Å². The number of allylic oxidation sites excluding steroid dienone is 1. The van der Waals surface area contributed by atoms with Gasteiger partial charge in [-0.1, -0.05) is 13.2 Å². The van der Waals surface area contributed by atoms with Gasteiger partial charge in [0.2, 0.25) is 0 Å². The van der Waals surface area contributed by atoms with Gasteiger partial charge in [0.1, 0.15) is 6.54 Å². The number of esters is 1. The first kappa shape index (κ1) is 14.3. The van der Waals surface area contributed by atoms with Gasteiger partial charge < -0.3 is 20.7 Å². The summed E-state index contributed by atoms with van der Waals surface area (Å²) in [5, 5.41) is 8.91. The van der Waals surface area contributed by atoms with Gasteiger partial charge in [0.25, 0.3) is 0 Å². The molecule has 5 heteroatoms. The Morgan fingerprint density at radius 3 is 2.38 bits per heavy atom. The minimum atomic E-state index is -0.287. The van der Waals surface area contributed by atoms with Crippen LogP contribution in [0, 0.1) is 0 Å². The van der Waals surface area contributed by atoms with Crippen LogP contribution in [0.1, 0.15) is 13.8 Å². The Morgan fingerprint density at radius 2 is 1.81 bits per heavy atom. The van der Waals surface area contributed by atoms with Crippen LogP contribution in [0.4, 0.5) is 0 Å². The van der Waals surface area contributed by atoms with Crippen LogP contribution in [0.3, 0.4) is 0 Å². The van der Waals surface area contributed by atoms with Gasteiger partial charge in [-0.05, 0) is 13.8 Å². The zero-order valence-corrected chi connectivity index (χ0v) is 10.1. The van der Waals surface area contributed by atoms with Crippen LogP contribution in [-0.4, -0.2) is 32.2 Å². The molecule has 0 rings (SSSR count). The van der Waals surface area contributed by atoms with Crippen molar-refractivity contribution < 1.29 is 9.53 Å². The number of hydrogen-bond acceptors (Lipinski definition) is 5. The van der Waals surface area contributed by atoms with Crippen molar-refractivity contribution in [2.45, 2.75) is 13.8 Å². The molecule has 0 saturated carbocycles. The lowest BCUT2D eigenvalue weighted by molar-refractivity contribution is -0.141. The summed E-state index contributed by atoms with van der Waals surface area (Å²) in [4.78, 5) is 11.0. The second-order valence-corrected chi connectivity index (χ2v) is 3.27. The third-order valence-electron chi connectivity index (χ3n) is 1.64. The third kappa shape index (κ3) is 8.93. The lowest BCUT2D eigenvalue weighted by Crippen LogP contribution is -2.34. The topological polar surface area (TPSA) is 62.4 Å². The maximum Gasteiger partial charge on any atom is 0.325 e. The van der Waals surface area contributed by atoms with Crippen LogP contribution in [0.15, 0.2) is 24.7 Å². The molecule has 3 N–H and O–H groups in total. The summed E-state index contributed by atoms with van der Waals surface area (Å²) < 4.78 is 4.76. The Labute approximate surface area is 96.9 Å². The molecular weight excluding hydrogens is 206 g/mol. The van der Waals surface area contributed by atoms with Crippen molar-refractivity contribution in [1.82, 2.24) is 16.0 Å². The fourth-order valence-electron chi connectivity index (χ4n) is 0.943. The molecular formula is C11H21N3O2. The molecule has 0 bridgehead atoms. The maximum atomic E-state index is 11.0. The molecule has 0 atom stereocenters. The van der Waals surface area contributed by atoms with E-state index in [1.807, 2.05) is 6.92 Å². The highest BCUT2D eigenvalue weighted by atomic mass is 16.5. The van der Waals surface area contributed by atoms with Crippen molar-refractivity contribution in [2.75, 3.05) is 26.2 Å². The van der Waals surface area contributed by atoms with Gasteiger partial charge in [-0.3, -0.25) is 4.79 Å². The molecule has 0 amide bonds. The van der Waals surface area contributed by atoms with Gasteiger partial charge in [0, 0.05) is 18.8 Å². The van der Waals surface area contributed by atoms with Crippen molar-refractivity contribution in [1.29, 1.82) is 0 Å². The van der Waals surface area contributed by atoms with E-state index in [1.165, 1.54) is 0 Å². The second-order valence-electron chi connectivity index (χ2n) is 3.27. The highest BCUT2D eigenvalue weighted by molar-refractivity contribution is 5.71. The van der Waals surface area contributed by atoms with Crippen LogP contribution in [0.5, 0.6) is 0 Å². The molecule has 0 aromatic carbocycles. The summed E-state index contributed by atoms with van der Waals surface area (Å²) in [6.45, 7) is 13.1. The standard InChI is InChI=1S/C11H21N3O2/c1-5-16-11(15)8-14-10(4)13-7-6-12-9(2)3/h12-14H,2,4-8H2,1,3H3. The first-order valence-electron chi connectivity index (χ1n) is 5.28. The zero-order chi connectivity index (χ0) is 12.4. The molecule has 0 fully saturated rings. The second kappa shape index (κ2) is 8.64. The molecule has 0 saturated heterocycles. The Bertz CT molecular complexity index is 252. The van der Waals surface area contributed by atoms with Gasteiger partial charge in [-0.15, -0.1) is 0 Å². The Kier molecular flexibility index (Phi) is 7.75. The van der Waals surface area contributed by atoms with Gasteiger partial charge in [0.05, 0.1) is 12.4 Å². The van der Waals surface area contributed by atoms with Crippen LogP contribution in [0.25, 0.3) is 0 Å². The lowest BCUT2D eigenvalue weighted by Gasteiger charge is -2.12. The van der Waals surface area contributed by atoms with Crippen molar-refractivity contribution in [2.24, 2.45) is 0 Å². The van der Waals surface area contributed by atoms with E-state index >= 15 is 0 Å². The molecule has 92 valence electrons. The average Bonchev–Trinajstić information content (AvgIpc) is 2.22. The monoisotopic (exact) mass is 227 g/mol. The van der Waals surface area contributed by atoms with Crippen molar-refractivity contribution in [3.63, 3.8) is 0 Å². The minimum Gasteiger partial charge on any atom is -0.465 e. The molecule has 0 heterocycles. The number of rotatable bonds is 9. The van der Waals surface area contributed by atoms with Crippen LogP contribution < -0.4 is 16.0 Å². The summed E-state index contributed by atoms with van der Waals surface area (Å²) >= 11 is 0. The van der Waals surface area contributed by atoms with E-state index in [2.05, 4.69) is 29.1 Å². The fourth-order valence-corrected chi connectivity index (χ4v) is 0.943. The minimum absolute atomic E-state index is 0.133. The van der Waals surface area contributed by atoms with Crippen molar-refractivity contribution in [3.8, 4) is 0 Å². The van der Waals surface area contributed by atoms with Gasteiger partial charge in [-0.2, -0.15) is 0 Å². The number of hydrogen-bond donors (Lipinski definition) is 3. The summed E-state index contributed by atoms with van der Waals surface area (Å²) in [6.07, 6.45) is 0. The van der Waals surface area contributed by atoms with Crippen LogP contribution in [-0.2, 0) is 9.53 Å². The summed E-state index contributed by atoms with van der Waals surface area (Å²) in [7, 11) is 0. The summed E-state index contributed by atoms with van der Waals surface area (Å²) in [5.41, 5.74) is 0.923. The van der Waals surface area contributed by atoms with E-state index in [0.29, 0.717) is 19.0 Å². The van der Waals surface area contributed by atoms with Gasteiger partial charge in [-0.25, -0.2) is 0 Å². The van der Waals surface area contributed by atoms with E-state index < -0.39 is 0 Å². The molecule has 0 aliphatic heterocycles. The number of carbonyl (C=O) groups excluding carboxylic acids is 1. The van der Waals surface area contributed by atoms with Crippen molar-refractivity contribution >= 4 is 5.97 Å². The Hall–Kier alpha value is -1.65. The first-order chi connectivity index (χ1) is 7.56. The van der Waals surface area contributed by atoms with E-state index in [4.69, 9.17) is 4.74 Å². The Morgan fingerprint density at radius 1 is 1.19 bits per heavy atom. The average molecular weight is 227 g/mol. The maximum absolute atomic E-state index is 11.0. The van der Waals surface area contributed by atoms with E-state index in [-0.39, 0.29) is 12.5 Å². The molecule has 0 aromatic rings. The van der Waals surface area contributed by atoms with Gasteiger partial charge >= 0.3 is 5.97 Å². The fraction of sp³-hybridized carbons (Fsp3) is 0.545. The van der Waals surface area contributed by atoms with E-state index in [0.717, 1.165) is 12.2 Å². The zero-order valence-electron chi connectivity index (χ0n) is 10.1. The van der Waals surface area contributed by atoms with E-state index in [1.54, 1.807) is 6.92 Å². The molecule has 16 heavy (non-hydrogen) atoms. The molecule has 0 radical (unpaired) electrons. The van der Waals surface area contributed by atoms with Gasteiger partial charge in [0.15, 0.2) is 0 Å². The molecule has 0 aliphatic rings. The summed E-state index contributed by atoms with van der Waals surface area (Å²) in [5.74, 6) is 0.321. The number of ether oxygens (including phenoxy) is 1. The molecule has 0 aromatic heterocycles. The molecule has 0 unspecified atom stereocenters. The Balaban J connectivity index is 3.44. The van der Waals surface area contributed by atoms with E-state index in [9.17, 15) is 4.79 Å². The third-order valence-corrected chi connectivity index (χ3v) is 1.64. The largest absolute Gasteiger partial charge is 0.465 e. The number of nitrogens with one attached hydrogen (secondary N) is 3. The smallest absolute Gasteiger partial charge is 0.325 e. The quantitative estimate of drug-likeness (QED) is 0.391. The SMILES string of the molecule is C=C(C)NCCNC(=C)NCC(=O)OCC. The highest BCUT2D eigenvalue weighted by Gasteiger charge is 2.00.